The van der Waals surface area contributed by atoms with Crippen LogP contribution in [-0.2, 0) is 13.0 Å². The average Bonchev–Trinajstić information content (AvgIpc) is 3.40. The third-order valence-corrected chi connectivity index (χ3v) is 6.94. The van der Waals surface area contributed by atoms with Crippen LogP contribution >= 0.6 is 0 Å². The summed E-state index contributed by atoms with van der Waals surface area (Å²) in [5.41, 5.74) is 2.46. The van der Waals surface area contributed by atoms with Crippen LogP contribution in [0.25, 0.3) is 0 Å². The Kier molecular flexibility index (Phi) is 9.20. The lowest BCUT2D eigenvalue weighted by molar-refractivity contribution is 0.0939. The molecule has 2 aliphatic heterocycles. The highest BCUT2D eigenvalue weighted by molar-refractivity contribution is 5.95. The summed E-state index contributed by atoms with van der Waals surface area (Å²) in [5.74, 6) is 2.44. The van der Waals surface area contributed by atoms with Gasteiger partial charge in [-0.25, -0.2) is 4.98 Å². The van der Waals surface area contributed by atoms with E-state index < -0.39 is 0 Å². The lowest BCUT2D eigenvalue weighted by Gasteiger charge is -2.37. The van der Waals surface area contributed by atoms with Crippen molar-refractivity contribution in [2.24, 2.45) is 11.8 Å². The van der Waals surface area contributed by atoms with Crippen molar-refractivity contribution in [1.29, 1.82) is 0 Å². The monoisotopic (exact) mass is 519 g/mol. The van der Waals surface area contributed by atoms with E-state index >= 15 is 0 Å². The van der Waals surface area contributed by atoms with Gasteiger partial charge in [-0.15, -0.1) is 0 Å². The van der Waals surface area contributed by atoms with Crippen molar-refractivity contribution in [3.05, 3.63) is 72.1 Å². The molecule has 0 aliphatic carbocycles. The zero-order chi connectivity index (χ0) is 26.0. The summed E-state index contributed by atoms with van der Waals surface area (Å²) in [6.45, 7) is 8.73. The van der Waals surface area contributed by atoms with Crippen molar-refractivity contribution in [3.8, 4) is 11.5 Å². The van der Waals surface area contributed by atoms with Gasteiger partial charge in [-0.1, -0.05) is 6.07 Å². The number of hydrogen-bond donors (Lipinski definition) is 4. The van der Waals surface area contributed by atoms with Crippen LogP contribution in [0.2, 0.25) is 0 Å². The third-order valence-electron chi connectivity index (χ3n) is 6.94. The van der Waals surface area contributed by atoms with E-state index in [9.17, 15) is 4.79 Å². The summed E-state index contributed by atoms with van der Waals surface area (Å²) in [6.07, 6.45) is 7.61. The number of imidazole rings is 1. The number of carbonyl (C=O) groups is 1. The van der Waals surface area contributed by atoms with Gasteiger partial charge in [-0.2, -0.15) is 0 Å². The molecule has 2 saturated heterocycles. The van der Waals surface area contributed by atoms with Crippen LogP contribution in [0.1, 0.15) is 21.6 Å². The number of carbonyl (C=O) groups excluding carboxylic acids is 1. The van der Waals surface area contributed by atoms with E-state index in [2.05, 4.69) is 35.8 Å². The fraction of sp³-hybridized carbons (Fsp3) is 0.464. The Balaban J connectivity index is 1.19. The third kappa shape index (κ3) is 7.77. The molecular weight excluding hydrogens is 482 g/mol. The lowest BCUT2D eigenvalue weighted by atomic mass is 9.99. The molecule has 3 aromatic rings. The van der Waals surface area contributed by atoms with Crippen molar-refractivity contribution in [3.63, 3.8) is 0 Å². The van der Waals surface area contributed by atoms with Crippen molar-refractivity contribution in [2.45, 2.75) is 13.0 Å². The second-order valence-corrected chi connectivity index (χ2v) is 10.1. The summed E-state index contributed by atoms with van der Waals surface area (Å²) in [7, 11) is 0. The number of ether oxygens (including phenoxy) is 2. The standard InChI is InChI=1S/C28H37N7O3/c36-28(33-5-6-35(17-22-12-30-13-22)18-23-14-31-15-23)24-8-26(37-7-3-25-16-32-20-34-25)10-27(9-24)38-19-21-2-1-4-29-11-21/h1-2,4,8-11,16,20,22-23,30-31H,3,5-7,12-15,17-19H2,(H,32,34)(H,33,36). The van der Waals surface area contributed by atoms with Crippen molar-refractivity contribution in [2.75, 3.05) is 59.0 Å². The average molecular weight is 520 g/mol. The maximum atomic E-state index is 13.2. The molecule has 0 radical (unpaired) electrons. The number of aromatic nitrogens is 3. The molecule has 4 N–H and O–H groups in total. The zero-order valence-corrected chi connectivity index (χ0v) is 21.7. The molecule has 5 rings (SSSR count). The second kappa shape index (κ2) is 13.4. The van der Waals surface area contributed by atoms with Gasteiger partial charge in [0.05, 0.1) is 12.9 Å². The minimum Gasteiger partial charge on any atom is -0.493 e. The predicted molar refractivity (Wildman–Crippen MR) is 144 cm³/mol. The Morgan fingerprint density at radius 1 is 1.00 bits per heavy atom. The predicted octanol–water partition coefficient (Wildman–Crippen LogP) is 1.48. The second-order valence-electron chi connectivity index (χ2n) is 10.1. The van der Waals surface area contributed by atoms with Crippen LogP contribution in [0.3, 0.4) is 0 Å². The van der Waals surface area contributed by atoms with Crippen molar-refractivity contribution in [1.82, 2.24) is 35.8 Å². The first-order valence-electron chi connectivity index (χ1n) is 13.4. The molecular formula is C28H37N7O3. The highest BCUT2D eigenvalue weighted by atomic mass is 16.5. The van der Waals surface area contributed by atoms with Crippen LogP contribution in [-0.4, -0.2) is 84.7 Å². The van der Waals surface area contributed by atoms with E-state index in [-0.39, 0.29) is 5.91 Å². The van der Waals surface area contributed by atoms with Gasteiger partial charge in [-0.05, 0) is 30.0 Å². The molecule has 2 aliphatic rings. The fourth-order valence-electron chi connectivity index (χ4n) is 4.59. The van der Waals surface area contributed by atoms with E-state index in [0.29, 0.717) is 55.1 Å². The molecule has 1 amide bonds. The van der Waals surface area contributed by atoms with Crippen LogP contribution in [0.4, 0.5) is 0 Å². The maximum absolute atomic E-state index is 13.2. The fourth-order valence-corrected chi connectivity index (χ4v) is 4.59. The molecule has 0 unspecified atom stereocenters. The molecule has 2 aromatic heterocycles. The minimum atomic E-state index is -0.134. The Labute approximate surface area is 223 Å². The number of rotatable bonds is 15. The highest BCUT2D eigenvalue weighted by Gasteiger charge is 2.24. The van der Waals surface area contributed by atoms with Gasteiger partial charge in [0.15, 0.2) is 0 Å². The highest BCUT2D eigenvalue weighted by Crippen LogP contribution is 2.24. The van der Waals surface area contributed by atoms with Crippen LogP contribution in [0, 0.1) is 11.8 Å². The van der Waals surface area contributed by atoms with Gasteiger partial charge >= 0.3 is 0 Å². The smallest absolute Gasteiger partial charge is 0.251 e. The van der Waals surface area contributed by atoms with Gasteiger partial charge in [0.25, 0.3) is 5.91 Å². The number of benzene rings is 1. The molecule has 10 nitrogen and oxygen atoms in total. The molecule has 0 spiro atoms. The molecule has 0 bridgehead atoms. The van der Waals surface area contributed by atoms with Crippen LogP contribution < -0.4 is 25.4 Å². The summed E-state index contributed by atoms with van der Waals surface area (Å²) in [6, 6.07) is 9.19. The minimum absolute atomic E-state index is 0.134. The number of aromatic amines is 1. The number of pyridine rings is 1. The number of amides is 1. The molecule has 0 saturated carbocycles. The number of nitrogens with one attached hydrogen (secondary N) is 4. The van der Waals surface area contributed by atoms with E-state index in [0.717, 1.165) is 57.1 Å². The van der Waals surface area contributed by atoms with E-state index in [1.165, 1.54) is 0 Å². The van der Waals surface area contributed by atoms with E-state index in [1.807, 2.05) is 18.2 Å². The quantitative estimate of drug-likeness (QED) is 0.239. The van der Waals surface area contributed by atoms with E-state index in [1.54, 1.807) is 37.1 Å². The summed E-state index contributed by atoms with van der Waals surface area (Å²) in [5, 5.41) is 9.82. The summed E-state index contributed by atoms with van der Waals surface area (Å²) >= 11 is 0. The Hall–Kier alpha value is -3.47. The van der Waals surface area contributed by atoms with Gasteiger partial charge < -0.3 is 35.3 Å². The molecule has 10 heteroatoms. The number of hydrogen-bond acceptors (Lipinski definition) is 8. The van der Waals surface area contributed by atoms with Gasteiger partial charge in [0, 0.05) is 100 Å². The first-order valence-corrected chi connectivity index (χ1v) is 13.4. The molecule has 4 heterocycles. The van der Waals surface area contributed by atoms with Crippen molar-refractivity contribution >= 4 is 5.91 Å². The Morgan fingerprint density at radius 3 is 2.39 bits per heavy atom. The topological polar surface area (TPSA) is 116 Å². The number of H-pyrrole nitrogens is 1. The molecule has 1 aromatic carbocycles. The molecule has 202 valence electrons. The normalized spacial score (nSPS) is 15.6. The maximum Gasteiger partial charge on any atom is 0.251 e. The van der Waals surface area contributed by atoms with Gasteiger partial charge in [0.1, 0.15) is 18.1 Å². The largest absolute Gasteiger partial charge is 0.493 e. The Morgan fingerprint density at radius 2 is 1.76 bits per heavy atom. The SMILES string of the molecule is O=C(NCCN(CC1CNC1)CC1CNC1)c1cc(OCCc2cnc[nH]2)cc(OCc2cccnc2)c1. The van der Waals surface area contributed by atoms with E-state index in [4.69, 9.17) is 9.47 Å². The molecule has 2 fully saturated rings. The Bertz CT molecular complexity index is 1120. The first kappa shape index (κ1) is 26.1. The molecule has 0 atom stereocenters. The first-order chi connectivity index (χ1) is 18.7. The lowest BCUT2D eigenvalue weighted by Crippen LogP contribution is -2.53. The number of nitrogens with zero attached hydrogens (tertiary/aromatic N) is 3. The summed E-state index contributed by atoms with van der Waals surface area (Å²) in [4.78, 5) is 26.9. The van der Waals surface area contributed by atoms with Crippen LogP contribution in [0.5, 0.6) is 11.5 Å². The van der Waals surface area contributed by atoms with Crippen LogP contribution in [0.15, 0.2) is 55.2 Å². The van der Waals surface area contributed by atoms with Crippen molar-refractivity contribution < 1.29 is 14.3 Å². The van der Waals surface area contributed by atoms with Gasteiger partial charge in [-0.3, -0.25) is 9.78 Å². The zero-order valence-electron chi connectivity index (χ0n) is 21.7. The molecule has 38 heavy (non-hydrogen) atoms. The summed E-state index contributed by atoms with van der Waals surface area (Å²) < 4.78 is 12.0. The van der Waals surface area contributed by atoms with Gasteiger partial charge in [0.2, 0.25) is 0 Å².